The summed E-state index contributed by atoms with van der Waals surface area (Å²) in [6.45, 7) is 1.87. The maximum atomic E-state index is 13.7. The van der Waals surface area contributed by atoms with E-state index in [9.17, 15) is 8.78 Å². The van der Waals surface area contributed by atoms with E-state index in [1.165, 1.54) is 0 Å². The number of hydrogen-bond acceptors (Lipinski definition) is 2. The molecule has 19 heavy (non-hydrogen) atoms. The normalized spacial score (nSPS) is 11.7. The zero-order valence-corrected chi connectivity index (χ0v) is 10.3. The van der Waals surface area contributed by atoms with Crippen LogP contribution in [0.5, 0.6) is 0 Å². The van der Waals surface area contributed by atoms with E-state index in [1.54, 1.807) is 6.07 Å². The number of nitrogens with one attached hydrogen (secondary N) is 1. The summed E-state index contributed by atoms with van der Waals surface area (Å²) in [6, 6.07) is 11.4. The smallest absolute Gasteiger partial charge is 0.143 e. The van der Waals surface area contributed by atoms with Gasteiger partial charge in [0, 0.05) is 11.3 Å². The van der Waals surface area contributed by atoms with Crippen LogP contribution in [0.25, 0.3) is 0 Å². The molecule has 96 valence electrons. The van der Waals surface area contributed by atoms with Gasteiger partial charge >= 0.3 is 0 Å². The van der Waals surface area contributed by atoms with Gasteiger partial charge in [0.1, 0.15) is 17.7 Å². The van der Waals surface area contributed by atoms with E-state index in [1.807, 2.05) is 31.2 Å². The summed E-state index contributed by atoms with van der Waals surface area (Å²) < 4.78 is 26.8. The van der Waals surface area contributed by atoms with E-state index in [0.717, 1.165) is 29.4 Å². The van der Waals surface area contributed by atoms with Gasteiger partial charge in [0.25, 0.3) is 0 Å². The first kappa shape index (κ1) is 13.0. The van der Waals surface area contributed by atoms with Crippen LogP contribution in [-0.4, -0.2) is 0 Å². The molecule has 0 amide bonds. The molecule has 0 aliphatic heterocycles. The molecule has 0 heterocycles. The summed E-state index contributed by atoms with van der Waals surface area (Å²) in [5.41, 5.74) is 1.66. The van der Waals surface area contributed by atoms with Crippen LogP contribution >= 0.6 is 0 Å². The highest BCUT2D eigenvalue weighted by molar-refractivity contribution is 5.53. The molecule has 1 unspecified atom stereocenters. The minimum atomic E-state index is -0.934. The first-order valence-electron chi connectivity index (χ1n) is 5.78. The highest BCUT2D eigenvalue weighted by Crippen LogP contribution is 2.24. The van der Waals surface area contributed by atoms with Crippen molar-refractivity contribution in [2.75, 3.05) is 5.32 Å². The minimum absolute atomic E-state index is 0.00533. The Kier molecular flexibility index (Phi) is 3.76. The van der Waals surface area contributed by atoms with Crippen LogP contribution in [0.3, 0.4) is 0 Å². The Morgan fingerprint density at radius 3 is 2.58 bits per heavy atom. The van der Waals surface area contributed by atoms with Crippen molar-refractivity contribution < 1.29 is 8.78 Å². The van der Waals surface area contributed by atoms with Crippen LogP contribution in [-0.2, 0) is 0 Å². The van der Waals surface area contributed by atoms with Crippen molar-refractivity contribution in [3.63, 3.8) is 0 Å². The van der Waals surface area contributed by atoms with E-state index in [-0.39, 0.29) is 5.56 Å². The van der Waals surface area contributed by atoms with Crippen LogP contribution in [0.15, 0.2) is 42.5 Å². The molecule has 0 spiro atoms. The third kappa shape index (κ3) is 2.89. The predicted octanol–water partition coefficient (Wildman–Crippen LogP) is 3.95. The molecule has 2 aromatic carbocycles. The van der Waals surface area contributed by atoms with Gasteiger partial charge in [-0.15, -0.1) is 0 Å². The highest BCUT2D eigenvalue weighted by atomic mass is 19.1. The molecule has 0 saturated heterocycles. The van der Waals surface area contributed by atoms with Crippen LogP contribution in [0.4, 0.5) is 14.5 Å². The fraction of sp³-hybridized carbons (Fsp3) is 0.133. The quantitative estimate of drug-likeness (QED) is 0.904. The molecule has 2 rings (SSSR count). The molecule has 0 aromatic heterocycles. The lowest BCUT2D eigenvalue weighted by molar-refractivity contribution is 0.583. The molecular weight excluding hydrogens is 246 g/mol. The van der Waals surface area contributed by atoms with Crippen molar-refractivity contribution in [1.29, 1.82) is 5.26 Å². The van der Waals surface area contributed by atoms with Gasteiger partial charge in [-0.25, -0.2) is 8.78 Å². The van der Waals surface area contributed by atoms with Gasteiger partial charge in [0.05, 0.1) is 6.07 Å². The molecule has 0 radical (unpaired) electrons. The van der Waals surface area contributed by atoms with Crippen molar-refractivity contribution in [3.05, 3.63) is 65.2 Å². The van der Waals surface area contributed by atoms with E-state index >= 15 is 0 Å². The van der Waals surface area contributed by atoms with Gasteiger partial charge in [-0.05, 0) is 36.8 Å². The number of anilines is 1. The summed E-state index contributed by atoms with van der Waals surface area (Å²) in [7, 11) is 0. The van der Waals surface area contributed by atoms with E-state index in [4.69, 9.17) is 5.26 Å². The second kappa shape index (κ2) is 5.49. The number of nitrogens with zero attached hydrogens (tertiary/aromatic N) is 1. The highest BCUT2D eigenvalue weighted by Gasteiger charge is 2.16. The van der Waals surface area contributed by atoms with Gasteiger partial charge in [0.2, 0.25) is 0 Å². The summed E-state index contributed by atoms with van der Waals surface area (Å²) in [5.74, 6) is -1.17. The predicted molar refractivity (Wildman–Crippen MR) is 69.5 cm³/mol. The Morgan fingerprint density at radius 1 is 1.16 bits per heavy atom. The molecule has 1 atom stereocenters. The Bertz CT molecular complexity index is 632. The Morgan fingerprint density at radius 2 is 1.89 bits per heavy atom. The summed E-state index contributed by atoms with van der Waals surface area (Å²) >= 11 is 0. The zero-order chi connectivity index (χ0) is 13.8. The van der Waals surface area contributed by atoms with Crippen molar-refractivity contribution >= 4 is 5.69 Å². The second-order valence-electron chi connectivity index (χ2n) is 4.19. The zero-order valence-electron chi connectivity index (χ0n) is 10.3. The first-order valence-corrected chi connectivity index (χ1v) is 5.78. The second-order valence-corrected chi connectivity index (χ2v) is 4.19. The van der Waals surface area contributed by atoms with Crippen molar-refractivity contribution in [2.45, 2.75) is 13.0 Å². The van der Waals surface area contributed by atoms with Crippen LogP contribution < -0.4 is 5.32 Å². The summed E-state index contributed by atoms with van der Waals surface area (Å²) in [5, 5.41) is 12.1. The van der Waals surface area contributed by atoms with Gasteiger partial charge in [-0.3, -0.25) is 0 Å². The van der Waals surface area contributed by atoms with E-state index in [2.05, 4.69) is 5.32 Å². The molecule has 0 fully saturated rings. The van der Waals surface area contributed by atoms with Gasteiger partial charge in [-0.2, -0.15) is 5.26 Å². The number of aryl methyl sites for hydroxylation is 1. The van der Waals surface area contributed by atoms with E-state index < -0.39 is 17.7 Å². The Hall–Kier alpha value is -2.41. The summed E-state index contributed by atoms with van der Waals surface area (Å²) in [6.07, 6.45) is 0. The van der Waals surface area contributed by atoms with Crippen molar-refractivity contribution in [1.82, 2.24) is 0 Å². The molecule has 1 N–H and O–H groups in total. The molecule has 0 aliphatic rings. The molecule has 0 aliphatic carbocycles. The molecular formula is C15H12F2N2. The number of hydrogen-bond donors (Lipinski definition) is 1. The van der Waals surface area contributed by atoms with Crippen molar-refractivity contribution in [2.24, 2.45) is 0 Å². The minimum Gasteiger partial charge on any atom is -0.366 e. The monoisotopic (exact) mass is 258 g/mol. The van der Waals surface area contributed by atoms with Crippen LogP contribution in [0.1, 0.15) is 17.2 Å². The maximum Gasteiger partial charge on any atom is 0.143 e. The maximum absolute atomic E-state index is 13.7. The average Bonchev–Trinajstić information content (AvgIpc) is 2.41. The molecule has 0 bridgehead atoms. The lowest BCUT2D eigenvalue weighted by atomic mass is 10.1. The third-order valence-corrected chi connectivity index (χ3v) is 2.84. The largest absolute Gasteiger partial charge is 0.366 e. The standard InChI is InChI=1S/C15H12F2N2/c1-10-4-2-3-5-14(10)19-15(9-18)12-8-11(16)6-7-13(12)17/h2-8,15,19H,1H3. The average molecular weight is 258 g/mol. The third-order valence-electron chi connectivity index (χ3n) is 2.84. The first-order chi connectivity index (χ1) is 9.11. The lowest BCUT2D eigenvalue weighted by Gasteiger charge is -2.15. The van der Waals surface area contributed by atoms with Gasteiger partial charge in [0.15, 0.2) is 0 Å². The fourth-order valence-corrected chi connectivity index (χ4v) is 1.81. The Balaban J connectivity index is 2.34. The van der Waals surface area contributed by atoms with Gasteiger partial charge in [-0.1, -0.05) is 18.2 Å². The van der Waals surface area contributed by atoms with Crippen molar-refractivity contribution in [3.8, 4) is 6.07 Å². The number of rotatable bonds is 3. The van der Waals surface area contributed by atoms with Gasteiger partial charge < -0.3 is 5.32 Å². The SMILES string of the molecule is Cc1ccccc1NC(C#N)c1cc(F)ccc1F. The van der Waals surface area contributed by atoms with Crippen LogP contribution in [0.2, 0.25) is 0 Å². The van der Waals surface area contributed by atoms with E-state index in [0.29, 0.717) is 0 Å². The molecule has 0 saturated carbocycles. The molecule has 2 nitrogen and oxygen atoms in total. The molecule has 4 heteroatoms. The summed E-state index contributed by atoms with van der Waals surface area (Å²) in [4.78, 5) is 0. The number of benzene rings is 2. The fourth-order valence-electron chi connectivity index (χ4n) is 1.81. The topological polar surface area (TPSA) is 35.8 Å². The number of para-hydroxylation sites is 1. The Labute approximate surface area is 110 Å². The number of halogens is 2. The molecule has 2 aromatic rings. The van der Waals surface area contributed by atoms with Crippen LogP contribution in [0, 0.1) is 29.9 Å². The lowest BCUT2D eigenvalue weighted by Crippen LogP contribution is -2.11. The number of nitriles is 1.